The van der Waals surface area contributed by atoms with Gasteiger partial charge in [-0.05, 0) is 43.3 Å². The normalized spacial score (nSPS) is 10.8. The lowest BCUT2D eigenvalue weighted by Gasteiger charge is -2.11. The average molecular weight is 393 g/mol. The molecule has 5 rings (SSSR count). The van der Waals surface area contributed by atoms with Gasteiger partial charge >= 0.3 is 0 Å². The van der Waals surface area contributed by atoms with Crippen molar-refractivity contribution < 1.29 is 4.74 Å². The second kappa shape index (κ2) is 7.67. The standard InChI is InChI=1S/C24H19N5O/c1-16-14-22(29-28-16)26-24-20-12-5-6-13-21(20)25-23(27-24)17-8-7-11-19(15-17)30-18-9-3-2-4-10-18/h2-15H,1H3,(H2,25,26,27,28,29). The van der Waals surface area contributed by atoms with Gasteiger partial charge in [-0.25, -0.2) is 9.97 Å². The van der Waals surface area contributed by atoms with Gasteiger partial charge in [0.25, 0.3) is 0 Å². The summed E-state index contributed by atoms with van der Waals surface area (Å²) in [6.07, 6.45) is 0. The minimum atomic E-state index is 0.617. The average Bonchev–Trinajstić information content (AvgIpc) is 3.19. The van der Waals surface area contributed by atoms with Gasteiger partial charge in [-0.3, -0.25) is 5.10 Å². The number of para-hydroxylation sites is 2. The Labute approximate surface area is 173 Å². The molecule has 0 radical (unpaired) electrons. The van der Waals surface area contributed by atoms with E-state index in [0.717, 1.165) is 39.5 Å². The zero-order valence-electron chi connectivity index (χ0n) is 16.3. The first kappa shape index (κ1) is 17.9. The summed E-state index contributed by atoms with van der Waals surface area (Å²) >= 11 is 0. The third kappa shape index (κ3) is 3.71. The number of ether oxygens (including phenoxy) is 1. The molecule has 0 amide bonds. The lowest BCUT2D eigenvalue weighted by atomic mass is 10.1. The maximum absolute atomic E-state index is 5.97. The third-order valence-electron chi connectivity index (χ3n) is 4.63. The number of H-pyrrole nitrogens is 1. The van der Waals surface area contributed by atoms with E-state index in [9.17, 15) is 0 Å². The van der Waals surface area contributed by atoms with Crippen LogP contribution in [-0.4, -0.2) is 20.2 Å². The van der Waals surface area contributed by atoms with Crippen LogP contribution in [0, 0.1) is 6.92 Å². The van der Waals surface area contributed by atoms with Gasteiger partial charge in [-0.1, -0.05) is 42.5 Å². The van der Waals surface area contributed by atoms with Crippen molar-refractivity contribution in [2.75, 3.05) is 5.32 Å². The predicted molar refractivity (Wildman–Crippen MR) is 118 cm³/mol. The van der Waals surface area contributed by atoms with Crippen LogP contribution < -0.4 is 10.1 Å². The van der Waals surface area contributed by atoms with Gasteiger partial charge in [0.2, 0.25) is 0 Å². The molecule has 0 atom stereocenters. The quantitative estimate of drug-likeness (QED) is 0.391. The summed E-state index contributed by atoms with van der Waals surface area (Å²) < 4.78 is 5.97. The number of hydrogen-bond acceptors (Lipinski definition) is 5. The number of aryl methyl sites for hydroxylation is 1. The lowest BCUT2D eigenvalue weighted by molar-refractivity contribution is 0.483. The van der Waals surface area contributed by atoms with Crippen molar-refractivity contribution in [3.63, 3.8) is 0 Å². The summed E-state index contributed by atoms with van der Waals surface area (Å²) in [5.74, 6) is 3.63. The Morgan fingerprint density at radius 2 is 1.60 bits per heavy atom. The smallest absolute Gasteiger partial charge is 0.162 e. The Kier molecular flexibility index (Phi) is 4.57. The van der Waals surface area contributed by atoms with Crippen molar-refractivity contribution >= 4 is 22.5 Å². The summed E-state index contributed by atoms with van der Waals surface area (Å²) in [6.45, 7) is 1.93. The SMILES string of the molecule is Cc1cc(Nc2nc(-c3cccc(Oc4ccccc4)c3)nc3ccccc23)[nH]n1. The summed E-state index contributed by atoms with van der Waals surface area (Å²) in [5, 5.41) is 11.4. The number of anilines is 2. The molecule has 0 bridgehead atoms. The van der Waals surface area contributed by atoms with Gasteiger partial charge in [0, 0.05) is 17.0 Å². The highest BCUT2D eigenvalue weighted by molar-refractivity contribution is 5.92. The molecule has 0 saturated heterocycles. The number of aromatic nitrogens is 4. The van der Waals surface area contributed by atoms with Crippen LogP contribution in [0.5, 0.6) is 11.5 Å². The molecule has 3 aromatic carbocycles. The van der Waals surface area contributed by atoms with Crippen molar-refractivity contribution in [2.24, 2.45) is 0 Å². The zero-order chi connectivity index (χ0) is 20.3. The number of hydrogen-bond donors (Lipinski definition) is 2. The highest BCUT2D eigenvalue weighted by Crippen LogP contribution is 2.29. The van der Waals surface area contributed by atoms with Crippen molar-refractivity contribution in [3.8, 4) is 22.9 Å². The van der Waals surface area contributed by atoms with Crippen molar-refractivity contribution in [1.29, 1.82) is 0 Å². The maximum atomic E-state index is 5.97. The van der Waals surface area contributed by atoms with Crippen LogP contribution in [0.2, 0.25) is 0 Å². The fourth-order valence-electron chi connectivity index (χ4n) is 3.24. The molecule has 0 aliphatic rings. The molecule has 2 aromatic heterocycles. The van der Waals surface area contributed by atoms with Crippen molar-refractivity contribution in [1.82, 2.24) is 20.2 Å². The molecular formula is C24H19N5O. The molecule has 0 aliphatic carbocycles. The van der Waals surface area contributed by atoms with Gasteiger partial charge < -0.3 is 10.1 Å². The van der Waals surface area contributed by atoms with E-state index in [1.54, 1.807) is 0 Å². The van der Waals surface area contributed by atoms with Crippen LogP contribution in [0.4, 0.5) is 11.6 Å². The predicted octanol–water partition coefficient (Wildman–Crippen LogP) is 5.86. The molecule has 0 aliphatic heterocycles. The molecule has 0 unspecified atom stereocenters. The van der Waals surface area contributed by atoms with Gasteiger partial charge in [0.15, 0.2) is 5.82 Å². The molecule has 2 heterocycles. The van der Waals surface area contributed by atoms with E-state index in [1.165, 1.54) is 0 Å². The number of nitrogens with one attached hydrogen (secondary N) is 2. The number of rotatable bonds is 5. The van der Waals surface area contributed by atoms with E-state index in [1.807, 2.05) is 91.9 Å². The minimum absolute atomic E-state index is 0.617. The van der Waals surface area contributed by atoms with Gasteiger partial charge in [-0.2, -0.15) is 5.10 Å². The Morgan fingerprint density at radius 3 is 2.43 bits per heavy atom. The largest absolute Gasteiger partial charge is 0.457 e. The molecule has 0 fully saturated rings. The van der Waals surface area contributed by atoms with Crippen LogP contribution in [0.15, 0.2) is 84.9 Å². The lowest BCUT2D eigenvalue weighted by Crippen LogP contribution is -1.99. The minimum Gasteiger partial charge on any atom is -0.457 e. The fourth-order valence-corrected chi connectivity index (χ4v) is 3.24. The number of nitrogens with zero attached hydrogens (tertiary/aromatic N) is 3. The van der Waals surface area contributed by atoms with E-state index < -0.39 is 0 Å². The summed E-state index contributed by atoms with van der Waals surface area (Å²) in [7, 11) is 0. The highest BCUT2D eigenvalue weighted by atomic mass is 16.5. The zero-order valence-corrected chi connectivity index (χ0v) is 16.3. The second-order valence-electron chi connectivity index (χ2n) is 6.90. The Bertz CT molecular complexity index is 1310. The van der Waals surface area contributed by atoms with Crippen LogP contribution in [0.3, 0.4) is 0 Å². The summed E-state index contributed by atoms with van der Waals surface area (Å²) in [5.41, 5.74) is 2.63. The van der Waals surface area contributed by atoms with Crippen LogP contribution in [-0.2, 0) is 0 Å². The first-order valence-electron chi connectivity index (χ1n) is 9.64. The number of benzene rings is 3. The summed E-state index contributed by atoms with van der Waals surface area (Å²) in [4.78, 5) is 9.57. The molecular weight excluding hydrogens is 374 g/mol. The topological polar surface area (TPSA) is 75.7 Å². The molecule has 5 aromatic rings. The second-order valence-corrected chi connectivity index (χ2v) is 6.90. The molecule has 0 saturated carbocycles. The third-order valence-corrected chi connectivity index (χ3v) is 4.63. The molecule has 6 nitrogen and oxygen atoms in total. The Balaban J connectivity index is 1.55. The van der Waals surface area contributed by atoms with Gasteiger partial charge in [0.1, 0.15) is 23.1 Å². The van der Waals surface area contributed by atoms with Crippen molar-refractivity contribution in [3.05, 3.63) is 90.6 Å². The van der Waals surface area contributed by atoms with E-state index in [4.69, 9.17) is 14.7 Å². The van der Waals surface area contributed by atoms with E-state index >= 15 is 0 Å². The molecule has 6 heteroatoms. The van der Waals surface area contributed by atoms with E-state index in [2.05, 4.69) is 15.5 Å². The van der Waals surface area contributed by atoms with Crippen LogP contribution >= 0.6 is 0 Å². The van der Waals surface area contributed by atoms with Crippen molar-refractivity contribution in [2.45, 2.75) is 6.92 Å². The first-order chi connectivity index (χ1) is 14.7. The van der Waals surface area contributed by atoms with Gasteiger partial charge in [0.05, 0.1) is 11.2 Å². The molecule has 2 N–H and O–H groups in total. The molecule has 30 heavy (non-hydrogen) atoms. The molecule has 0 spiro atoms. The fraction of sp³-hybridized carbons (Fsp3) is 0.0417. The maximum Gasteiger partial charge on any atom is 0.162 e. The number of fused-ring (bicyclic) bond motifs is 1. The van der Waals surface area contributed by atoms with Gasteiger partial charge in [-0.15, -0.1) is 0 Å². The Morgan fingerprint density at radius 1 is 0.800 bits per heavy atom. The first-order valence-corrected chi connectivity index (χ1v) is 9.64. The van der Waals surface area contributed by atoms with E-state index in [-0.39, 0.29) is 0 Å². The molecule has 146 valence electrons. The van der Waals surface area contributed by atoms with Crippen LogP contribution in [0.25, 0.3) is 22.3 Å². The monoisotopic (exact) mass is 393 g/mol. The summed E-state index contributed by atoms with van der Waals surface area (Å²) in [6, 6.07) is 27.3. The number of aromatic amines is 1. The van der Waals surface area contributed by atoms with E-state index in [0.29, 0.717) is 11.6 Å². The Hall–Kier alpha value is -4.19. The highest BCUT2D eigenvalue weighted by Gasteiger charge is 2.11. The van der Waals surface area contributed by atoms with Crippen LogP contribution in [0.1, 0.15) is 5.69 Å².